The molecule has 1 aromatic heterocycles. The summed E-state index contributed by atoms with van der Waals surface area (Å²) in [4.78, 5) is 29.3. The van der Waals surface area contributed by atoms with E-state index in [1.54, 1.807) is 25.3 Å². The van der Waals surface area contributed by atoms with E-state index in [1.165, 1.54) is 48.3 Å². The van der Waals surface area contributed by atoms with Crippen LogP contribution in [0.2, 0.25) is 0 Å². The number of methoxy groups -OCH3 is 1. The van der Waals surface area contributed by atoms with Gasteiger partial charge in [-0.05, 0) is 72.3 Å². The van der Waals surface area contributed by atoms with E-state index in [9.17, 15) is 14.0 Å². The molecule has 0 fully saturated rings. The van der Waals surface area contributed by atoms with Crippen LogP contribution in [0.1, 0.15) is 31.8 Å². The van der Waals surface area contributed by atoms with Crippen molar-refractivity contribution in [2.24, 2.45) is 5.10 Å². The van der Waals surface area contributed by atoms with Crippen molar-refractivity contribution in [1.82, 2.24) is 10.4 Å². The first-order valence-corrected chi connectivity index (χ1v) is 13.1. The van der Waals surface area contributed by atoms with Crippen LogP contribution >= 0.6 is 11.8 Å². The van der Waals surface area contributed by atoms with Gasteiger partial charge in [0.05, 0.1) is 18.9 Å². The zero-order valence-corrected chi connectivity index (χ0v) is 22.1. The minimum absolute atomic E-state index is 0.0647. The zero-order valence-electron chi connectivity index (χ0n) is 21.3. The van der Waals surface area contributed by atoms with Gasteiger partial charge in [0.1, 0.15) is 17.1 Å². The fourth-order valence-corrected chi connectivity index (χ4v) is 4.64. The number of nitrogens with zero attached hydrogens (tertiary/aromatic N) is 2. The monoisotopic (exact) mass is 554 g/mol. The Bertz CT molecular complexity index is 1670. The number of carbonyl (C=O) groups excluding carboxylic acids is 2. The number of anilines is 1. The normalized spacial score (nSPS) is 11.1. The van der Waals surface area contributed by atoms with Crippen molar-refractivity contribution in [2.75, 3.05) is 12.4 Å². The molecular formula is C30H23FN4O4S. The number of nitrogens with one attached hydrogen (secondary N) is 2. The Morgan fingerprint density at radius 3 is 2.55 bits per heavy atom. The SMILES string of the molecule is COc1ccc(C=NNC(=O)c2ccc(NC(=O)c3ccccc3F)cc2)cc1CSc1nc2ccccc2o1. The van der Waals surface area contributed by atoms with Gasteiger partial charge in [0.25, 0.3) is 17.0 Å². The lowest BCUT2D eigenvalue weighted by Gasteiger charge is -2.08. The number of hydrazone groups is 1. The third-order valence-electron chi connectivity index (χ3n) is 5.83. The van der Waals surface area contributed by atoms with E-state index in [1.807, 2.05) is 42.5 Å². The number of carbonyl (C=O) groups is 2. The topological polar surface area (TPSA) is 106 Å². The highest BCUT2D eigenvalue weighted by Crippen LogP contribution is 2.30. The predicted molar refractivity (Wildman–Crippen MR) is 152 cm³/mol. The van der Waals surface area contributed by atoms with Crippen LogP contribution < -0.4 is 15.5 Å². The predicted octanol–water partition coefficient (Wildman–Crippen LogP) is 6.28. The summed E-state index contributed by atoms with van der Waals surface area (Å²) in [5, 5.41) is 7.24. The van der Waals surface area contributed by atoms with E-state index in [-0.39, 0.29) is 5.56 Å². The Kier molecular flexibility index (Phi) is 8.17. The molecule has 0 aliphatic carbocycles. The molecule has 0 aliphatic rings. The first-order chi connectivity index (χ1) is 19.5. The Hall–Kier alpha value is -4.96. The van der Waals surface area contributed by atoms with Crippen LogP contribution in [0.3, 0.4) is 0 Å². The Morgan fingerprint density at radius 1 is 1.00 bits per heavy atom. The summed E-state index contributed by atoms with van der Waals surface area (Å²) < 4.78 is 25.1. The first kappa shape index (κ1) is 26.6. The number of benzene rings is 4. The van der Waals surface area contributed by atoms with Gasteiger partial charge in [0.15, 0.2) is 5.58 Å². The maximum Gasteiger partial charge on any atom is 0.271 e. The number of oxazole rings is 1. The number of fused-ring (bicyclic) bond motifs is 1. The lowest BCUT2D eigenvalue weighted by atomic mass is 10.1. The van der Waals surface area contributed by atoms with Crippen molar-refractivity contribution in [3.63, 3.8) is 0 Å². The van der Waals surface area contributed by atoms with Crippen LogP contribution in [-0.2, 0) is 5.75 Å². The van der Waals surface area contributed by atoms with E-state index in [0.717, 1.165) is 22.2 Å². The molecule has 4 aromatic carbocycles. The number of amides is 2. The third kappa shape index (κ3) is 6.36. The minimum Gasteiger partial charge on any atom is -0.496 e. The molecule has 8 nitrogen and oxygen atoms in total. The standard InChI is InChI=1S/C30H23FN4O4S/c1-38-26-15-10-19(16-21(26)18-40-30-34-25-8-4-5-9-27(25)39-30)17-32-35-28(36)20-11-13-22(14-12-20)33-29(37)23-6-2-3-7-24(23)31/h2-17H,18H2,1H3,(H,33,37)(H,35,36). The van der Waals surface area contributed by atoms with Crippen molar-refractivity contribution in [3.8, 4) is 5.75 Å². The minimum atomic E-state index is -0.611. The first-order valence-electron chi connectivity index (χ1n) is 12.1. The number of thioether (sulfide) groups is 1. The van der Waals surface area contributed by atoms with Crippen molar-refractivity contribution in [3.05, 3.63) is 119 Å². The van der Waals surface area contributed by atoms with Crippen LogP contribution in [0, 0.1) is 5.82 Å². The highest BCUT2D eigenvalue weighted by atomic mass is 32.2. The van der Waals surface area contributed by atoms with Crippen molar-refractivity contribution in [2.45, 2.75) is 11.0 Å². The highest BCUT2D eigenvalue weighted by molar-refractivity contribution is 7.98. The smallest absolute Gasteiger partial charge is 0.271 e. The van der Waals surface area contributed by atoms with Gasteiger partial charge in [-0.2, -0.15) is 5.10 Å². The molecular weight excluding hydrogens is 531 g/mol. The second-order valence-electron chi connectivity index (χ2n) is 8.52. The third-order valence-corrected chi connectivity index (χ3v) is 6.71. The molecule has 0 spiro atoms. The molecule has 0 aliphatic heterocycles. The largest absolute Gasteiger partial charge is 0.496 e. The molecule has 0 saturated heterocycles. The molecule has 0 atom stereocenters. The molecule has 200 valence electrons. The Labute approximate surface area is 233 Å². The lowest BCUT2D eigenvalue weighted by molar-refractivity contribution is 0.0954. The molecule has 1 heterocycles. The molecule has 0 radical (unpaired) electrons. The second-order valence-corrected chi connectivity index (χ2v) is 9.44. The van der Waals surface area contributed by atoms with Gasteiger partial charge in [-0.15, -0.1) is 0 Å². The van der Waals surface area contributed by atoms with E-state index >= 15 is 0 Å². The lowest BCUT2D eigenvalue weighted by Crippen LogP contribution is -2.18. The summed E-state index contributed by atoms with van der Waals surface area (Å²) >= 11 is 1.45. The summed E-state index contributed by atoms with van der Waals surface area (Å²) in [7, 11) is 1.60. The van der Waals surface area contributed by atoms with Crippen LogP contribution in [0.25, 0.3) is 11.1 Å². The fraction of sp³-hybridized carbons (Fsp3) is 0.0667. The van der Waals surface area contributed by atoms with Crippen LogP contribution in [-0.4, -0.2) is 30.1 Å². The summed E-state index contributed by atoms with van der Waals surface area (Å²) in [5.41, 5.74) is 6.41. The number of aromatic nitrogens is 1. The van der Waals surface area contributed by atoms with Gasteiger partial charge in [-0.25, -0.2) is 14.8 Å². The van der Waals surface area contributed by atoms with Crippen molar-refractivity contribution in [1.29, 1.82) is 0 Å². The molecule has 5 rings (SSSR count). The van der Waals surface area contributed by atoms with Gasteiger partial charge in [-0.3, -0.25) is 9.59 Å². The van der Waals surface area contributed by atoms with E-state index in [4.69, 9.17) is 9.15 Å². The number of rotatable bonds is 9. The molecule has 10 heteroatoms. The molecule has 40 heavy (non-hydrogen) atoms. The maximum absolute atomic E-state index is 13.8. The van der Waals surface area contributed by atoms with Crippen molar-refractivity contribution >= 4 is 46.6 Å². The molecule has 5 aromatic rings. The number of hydrogen-bond donors (Lipinski definition) is 2. The number of hydrogen-bond acceptors (Lipinski definition) is 7. The Balaban J connectivity index is 1.18. The van der Waals surface area contributed by atoms with Crippen LogP contribution in [0.15, 0.2) is 106 Å². The summed E-state index contributed by atoms with van der Waals surface area (Å²) in [6.07, 6.45) is 1.54. The van der Waals surface area contributed by atoms with Crippen LogP contribution in [0.4, 0.5) is 10.1 Å². The maximum atomic E-state index is 13.8. The van der Waals surface area contributed by atoms with Gasteiger partial charge < -0.3 is 14.5 Å². The van der Waals surface area contributed by atoms with Crippen LogP contribution in [0.5, 0.6) is 5.75 Å². The number of para-hydroxylation sites is 2. The molecule has 0 unspecified atom stereocenters. The molecule has 2 amide bonds. The summed E-state index contributed by atoms with van der Waals surface area (Å²) in [6.45, 7) is 0. The van der Waals surface area contributed by atoms with Gasteiger partial charge in [0, 0.05) is 22.6 Å². The molecule has 0 bridgehead atoms. The number of halogens is 1. The fourth-order valence-electron chi connectivity index (χ4n) is 3.82. The van der Waals surface area contributed by atoms with Gasteiger partial charge in [0.2, 0.25) is 0 Å². The van der Waals surface area contributed by atoms with Gasteiger partial charge >= 0.3 is 0 Å². The zero-order chi connectivity index (χ0) is 27.9. The molecule has 0 saturated carbocycles. The van der Waals surface area contributed by atoms with Crippen molar-refractivity contribution < 1.29 is 23.1 Å². The average molecular weight is 555 g/mol. The summed E-state index contributed by atoms with van der Waals surface area (Å²) in [5.74, 6) is -0.342. The van der Waals surface area contributed by atoms with E-state index in [0.29, 0.717) is 28.0 Å². The van der Waals surface area contributed by atoms with E-state index in [2.05, 4.69) is 20.8 Å². The summed E-state index contributed by atoms with van der Waals surface area (Å²) in [6, 6.07) is 25.1. The second kappa shape index (κ2) is 12.3. The average Bonchev–Trinajstić information content (AvgIpc) is 3.40. The van der Waals surface area contributed by atoms with Gasteiger partial charge in [-0.1, -0.05) is 36.0 Å². The Morgan fingerprint density at radius 2 is 1.77 bits per heavy atom. The number of ether oxygens (including phenoxy) is 1. The van der Waals surface area contributed by atoms with E-state index < -0.39 is 17.6 Å². The highest BCUT2D eigenvalue weighted by Gasteiger charge is 2.12. The molecule has 2 N–H and O–H groups in total. The quantitative estimate of drug-likeness (QED) is 0.126.